The molecule has 1 fully saturated rings. The van der Waals surface area contributed by atoms with E-state index in [0.29, 0.717) is 21.9 Å². The third kappa shape index (κ3) is 5.38. The number of aliphatic carboxylic acids is 2. The smallest absolute Gasteiger partial charge is 0.367 e. The molecule has 1 saturated heterocycles. The van der Waals surface area contributed by atoms with Gasteiger partial charge in [-0.15, -0.1) is 28.6 Å². The lowest BCUT2D eigenvalue weighted by molar-refractivity contribution is -0.151. The minimum atomic E-state index is -1.54. The van der Waals surface area contributed by atoms with Gasteiger partial charge in [-0.1, -0.05) is 12.1 Å². The lowest BCUT2D eigenvalue weighted by Crippen LogP contribution is -2.70. The van der Waals surface area contributed by atoms with Crippen LogP contribution >= 0.6 is 23.5 Å². The molecule has 2 aromatic heterocycles. The van der Waals surface area contributed by atoms with Crippen LogP contribution in [0.15, 0.2) is 57.5 Å². The van der Waals surface area contributed by atoms with Crippen LogP contribution in [0.25, 0.3) is 5.65 Å². The number of fused-ring (bicyclic) bond motifs is 2. The summed E-state index contributed by atoms with van der Waals surface area (Å²) in [6, 6.07) is 8.25. The number of hydrogen-bond donors (Lipinski definition) is 4. The van der Waals surface area contributed by atoms with Crippen LogP contribution in [0.1, 0.15) is 11.7 Å². The number of rotatable bonds is 10. The van der Waals surface area contributed by atoms with E-state index >= 15 is 0 Å². The Balaban J connectivity index is 1.28. The van der Waals surface area contributed by atoms with Crippen LogP contribution in [0.4, 0.5) is 0 Å². The SMILES string of the molecule is COc1ccc([C@@H](O)C(=O)NC2C(=O)N3C(C(=O)O)=C(CSc4ccc5nn(CC(=O)O)c(=O)n5n4)CS[C@H]23)cc1. The monoisotopic (exact) mass is 602 g/mol. The van der Waals surface area contributed by atoms with Crippen LogP contribution in [0.5, 0.6) is 5.75 Å². The summed E-state index contributed by atoms with van der Waals surface area (Å²) in [5, 5.41) is 39.6. The molecule has 0 spiro atoms. The molecule has 3 atom stereocenters. The molecule has 2 amide bonds. The number of methoxy groups -OCH3 is 1. The Morgan fingerprint density at radius 2 is 1.88 bits per heavy atom. The van der Waals surface area contributed by atoms with Gasteiger partial charge < -0.3 is 25.4 Å². The van der Waals surface area contributed by atoms with Crippen molar-refractivity contribution in [3.05, 3.63) is 63.7 Å². The van der Waals surface area contributed by atoms with Crippen LogP contribution < -0.4 is 15.7 Å². The van der Waals surface area contributed by atoms with Gasteiger partial charge in [0.2, 0.25) is 0 Å². The van der Waals surface area contributed by atoms with E-state index in [9.17, 15) is 34.2 Å². The Kier molecular flexibility index (Phi) is 7.74. The normalized spacial score (nSPS) is 19.0. The first-order chi connectivity index (χ1) is 19.6. The molecule has 41 heavy (non-hydrogen) atoms. The second kappa shape index (κ2) is 11.3. The average molecular weight is 603 g/mol. The summed E-state index contributed by atoms with van der Waals surface area (Å²) >= 11 is 2.40. The molecule has 3 aromatic rings. The number of benzene rings is 1. The third-order valence-electron chi connectivity index (χ3n) is 6.32. The first-order valence-electron chi connectivity index (χ1n) is 11.9. The van der Waals surface area contributed by atoms with Crippen molar-refractivity contribution in [2.24, 2.45) is 0 Å². The zero-order valence-corrected chi connectivity index (χ0v) is 22.8. The molecule has 2 aliphatic heterocycles. The second-order valence-corrected chi connectivity index (χ2v) is 11.0. The van der Waals surface area contributed by atoms with Gasteiger partial charge in [0.25, 0.3) is 11.8 Å². The molecule has 1 unspecified atom stereocenters. The number of aliphatic hydroxyl groups excluding tert-OH is 1. The zero-order chi connectivity index (χ0) is 29.4. The van der Waals surface area contributed by atoms with E-state index in [4.69, 9.17) is 9.84 Å². The number of β-lactam (4-membered cyclic amide) rings is 1. The van der Waals surface area contributed by atoms with Gasteiger partial charge in [-0.05, 0) is 35.4 Å². The molecule has 17 heteroatoms. The van der Waals surface area contributed by atoms with Crippen LogP contribution in [-0.2, 0) is 25.7 Å². The van der Waals surface area contributed by atoms with Crippen LogP contribution in [0.2, 0.25) is 0 Å². The maximum absolute atomic E-state index is 13.0. The van der Waals surface area contributed by atoms with Gasteiger partial charge in [-0.3, -0.25) is 19.3 Å². The van der Waals surface area contributed by atoms with Crippen LogP contribution in [-0.4, -0.2) is 93.4 Å². The molecule has 4 N–H and O–H groups in total. The van der Waals surface area contributed by atoms with Gasteiger partial charge >= 0.3 is 17.6 Å². The quantitative estimate of drug-likeness (QED) is 0.172. The summed E-state index contributed by atoms with van der Waals surface area (Å²) in [5.74, 6) is -3.03. The summed E-state index contributed by atoms with van der Waals surface area (Å²) in [7, 11) is 1.48. The van der Waals surface area contributed by atoms with Crippen molar-refractivity contribution in [3.63, 3.8) is 0 Å². The maximum atomic E-state index is 13.0. The van der Waals surface area contributed by atoms with Crippen molar-refractivity contribution in [2.45, 2.75) is 29.1 Å². The summed E-state index contributed by atoms with van der Waals surface area (Å²) < 4.78 is 6.78. The van der Waals surface area contributed by atoms with Crippen LogP contribution in [0, 0.1) is 0 Å². The lowest BCUT2D eigenvalue weighted by Gasteiger charge is -2.49. The highest BCUT2D eigenvalue weighted by molar-refractivity contribution is 8.01. The highest BCUT2D eigenvalue weighted by Crippen LogP contribution is 2.41. The van der Waals surface area contributed by atoms with Gasteiger partial charge in [0.05, 0.1) is 7.11 Å². The fourth-order valence-corrected chi connectivity index (χ4v) is 6.66. The number of hydrogen-bond acceptors (Lipinski definition) is 11. The molecular formula is C24H22N6O9S2. The fourth-order valence-electron chi connectivity index (χ4n) is 4.33. The number of carbonyl (C=O) groups is 4. The van der Waals surface area contributed by atoms with Crippen molar-refractivity contribution in [3.8, 4) is 5.75 Å². The predicted molar refractivity (Wildman–Crippen MR) is 143 cm³/mol. The number of carbonyl (C=O) groups excluding carboxylic acids is 2. The summed E-state index contributed by atoms with van der Waals surface area (Å²) in [6.45, 7) is -0.621. The number of nitrogens with zero attached hydrogens (tertiary/aromatic N) is 5. The molecular weight excluding hydrogens is 580 g/mol. The number of thioether (sulfide) groups is 2. The minimum Gasteiger partial charge on any atom is -0.497 e. The van der Waals surface area contributed by atoms with E-state index in [1.807, 2.05) is 0 Å². The van der Waals surface area contributed by atoms with Gasteiger partial charge in [-0.2, -0.15) is 14.3 Å². The molecule has 4 heterocycles. The predicted octanol–water partition coefficient (Wildman–Crippen LogP) is -0.452. The Morgan fingerprint density at radius 1 is 1.15 bits per heavy atom. The second-order valence-electron chi connectivity index (χ2n) is 8.89. The molecule has 0 bridgehead atoms. The Bertz CT molecular complexity index is 1650. The Hall–Kier alpha value is -4.35. The van der Waals surface area contributed by atoms with E-state index in [1.54, 1.807) is 18.2 Å². The summed E-state index contributed by atoms with van der Waals surface area (Å²) in [4.78, 5) is 62.2. The number of ether oxygens (including phenoxy) is 1. The molecule has 15 nitrogen and oxygen atoms in total. The van der Waals surface area contributed by atoms with Crippen molar-refractivity contribution < 1.29 is 39.2 Å². The fraction of sp³-hybridized carbons (Fsp3) is 0.292. The number of aromatic nitrogens is 4. The lowest BCUT2D eigenvalue weighted by atomic mass is 10.0. The maximum Gasteiger partial charge on any atom is 0.367 e. The van der Waals surface area contributed by atoms with Gasteiger partial charge in [0.15, 0.2) is 11.8 Å². The standard InChI is InChI=1S/C24H22N6O9S2/c1-39-13-4-2-11(3-5-13)19(33)20(34)25-17-21(35)29-18(23(36)37)12(10-41-22(17)29)9-40-15-7-6-14-26-28(8-16(31)32)24(38)30(14)27-15/h2-7,17,19,22,33H,8-10H2,1H3,(H,25,34)(H,31,32)(H,36,37)/t17?,19-,22-/m1/s1. The van der Waals surface area contributed by atoms with Crippen molar-refractivity contribution in [1.82, 2.24) is 29.6 Å². The van der Waals surface area contributed by atoms with Crippen LogP contribution in [0.3, 0.4) is 0 Å². The van der Waals surface area contributed by atoms with Crippen molar-refractivity contribution in [1.29, 1.82) is 0 Å². The number of nitrogens with one attached hydrogen (secondary N) is 1. The van der Waals surface area contributed by atoms with Gasteiger partial charge in [-0.25, -0.2) is 9.59 Å². The first kappa shape index (κ1) is 28.2. The topological polar surface area (TPSA) is 206 Å². The van der Waals surface area contributed by atoms with Gasteiger partial charge in [0, 0.05) is 11.5 Å². The molecule has 0 aliphatic carbocycles. The third-order valence-corrected chi connectivity index (χ3v) is 8.67. The van der Waals surface area contributed by atoms with Gasteiger partial charge in [0.1, 0.15) is 34.4 Å². The van der Waals surface area contributed by atoms with Crippen molar-refractivity contribution >= 4 is 52.9 Å². The van der Waals surface area contributed by atoms with E-state index in [1.165, 1.54) is 37.1 Å². The average Bonchev–Trinajstić information content (AvgIpc) is 3.26. The van der Waals surface area contributed by atoms with E-state index < -0.39 is 53.5 Å². The molecule has 0 radical (unpaired) electrons. The Morgan fingerprint density at radius 3 is 2.54 bits per heavy atom. The number of carboxylic acids is 2. The van der Waals surface area contributed by atoms with Crippen molar-refractivity contribution in [2.75, 3.05) is 18.6 Å². The minimum absolute atomic E-state index is 0.134. The van der Waals surface area contributed by atoms with E-state index in [2.05, 4.69) is 15.5 Å². The molecule has 2 aliphatic rings. The van der Waals surface area contributed by atoms with E-state index in [0.717, 1.165) is 25.9 Å². The van der Waals surface area contributed by atoms with E-state index in [-0.39, 0.29) is 22.8 Å². The number of amides is 2. The zero-order valence-electron chi connectivity index (χ0n) is 21.2. The molecule has 214 valence electrons. The first-order valence-corrected chi connectivity index (χ1v) is 14.0. The summed E-state index contributed by atoms with van der Waals surface area (Å²) in [6.07, 6.45) is -1.54. The summed E-state index contributed by atoms with van der Waals surface area (Å²) in [5.41, 5.74) is -0.0332. The largest absolute Gasteiger partial charge is 0.497 e. The highest BCUT2D eigenvalue weighted by Gasteiger charge is 2.54. The molecule has 1 aromatic carbocycles. The molecule has 5 rings (SSSR count). The Labute approximate surface area is 238 Å². The highest BCUT2D eigenvalue weighted by atomic mass is 32.2. The number of aliphatic hydroxyl groups is 1. The molecule has 0 saturated carbocycles. The number of carboxylic acid groups (broad SMARTS) is 2.